The van der Waals surface area contributed by atoms with Gasteiger partial charge in [-0.25, -0.2) is 4.98 Å². The number of hydrogen-bond donors (Lipinski definition) is 1. The zero-order valence-corrected chi connectivity index (χ0v) is 11.7. The normalized spacial score (nSPS) is 19.8. The molecule has 1 saturated heterocycles. The summed E-state index contributed by atoms with van der Waals surface area (Å²) in [5.41, 5.74) is 0.757. The number of thiazole rings is 1. The van der Waals surface area contributed by atoms with E-state index in [1.807, 2.05) is 11.8 Å². The van der Waals surface area contributed by atoms with E-state index in [9.17, 15) is 18.3 Å². The first-order valence-corrected chi connectivity index (χ1v) is 7.07. The number of nitrogens with zero attached hydrogens (tertiary/aromatic N) is 2. The Kier molecular flexibility index (Phi) is 4.06. The lowest BCUT2D eigenvalue weighted by Crippen LogP contribution is -2.38. The van der Waals surface area contributed by atoms with E-state index in [1.165, 1.54) is 11.3 Å². The van der Waals surface area contributed by atoms with Crippen molar-refractivity contribution in [3.8, 4) is 0 Å². The molecule has 1 aliphatic rings. The number of aromatic nitrogens is 1. The number of hydrogen-bond acceptors (Lipinski definition) is 4. The highest BCUT2D eigenvalue weighted by atomic mass is 32.1. The summed E-state index contributed by atoms with van der Waals surface area (Å²) in [4.78, 5) is 7.01. The highest BCUT2D eigenvalue weighted by molar-refractivity contribution is 7.15. The quantitative estimate of drug-likeness (QED) is 0.909. The van der Waals surface area contributed by atoms with Gasteiger partial charge < -0.3 is 10.0 Å². The molecule has 1 N–H and O–H groups in total. The van der Waals surface area contributed by atoms with Crippen LogP contribution in [0.25, 0.3) is 0 Å². The molecule has 1 fully saturated rings. The summed E-state index contributed by atoms with van der Waals surface area (Å²) >= 11 is 1.37. The summed E-state index contributed by atoms with van der Waals surface area (Å²) < 4.78 is 37.7. The Balaban J connectivity index is 2.04. The van der Waals surface area contributed by atoms with Crippen molar-refractivity contribution in [3.05, 3.63) is 10.6 Å². The number of halogens is 3. The molecule has 1 aliphatic heterocycles. The Labute approximate surface area is 114 Å². The van der Waals surface area contributed by atoms with Crippen molar-refractivity contribution in [2.45, 2.75) is 39.0 Å². The van der Waals surface area contributed by atoms with Crippen LogP contribution in [0.4, 0.5) is 18.3 Å². The number of aliphatic hydroxyl groups excluding tert-OH is 1. The lowest BCUT2D eigenvalue weighted by Gasteiger charge is -2.32. The number of alkyl halides is 3. The van der Waals surface area contributed by atoms with Gasteiger partial charge >= 0.3 is 6.18 Å². The molecule has 19 heavy (non-hydrogen) atoms. The number of rotatable bonds is 2. The zero-order chi connectivity index (χ0) is 14.2. The first-order chi connectivity index (χ1) is 8.79. The third kappa shape index (κ3) is 3.20. The average molecular weight is 294 g/mol. The summed E-state index contributed by atoms with van der Waals surface area (Å²) in [7, 11) is 0. The molecule has 7 heteroatoms. The van der Waals surface area contributed by atoms with E-state index in [2.05, 4.69) is 4.98 Å². The van der Waals surface area contributed by atoms with Gasteiger partial charge in [0.2, 0.25) is 0 Å². The summed E-state index contributed by atoms with van der Waals surface area (Å²) in [6.07, 6.45) is -4.44. The molecule has 3 nitrogen and oxygen atoms in total. The lowest BCUT2D eigenvalue weighted by molar-refractivity contribution is -0.179. The summed E-state index contributed by atoms with van der Waals surface area (Å²) in [5, 5.41) is 10.3. The topological polar surface area (TPSA) is 36.4 Å². The fourth-order valence-electron chi connectivity index (χ4n) is 2.31. The van der Waals surface area contributed by atoms with Gasteiger partial charge in [-0.3, -0.25) is 0 Å². The molecule has 0 spiro atoms. The highest BCUT2D eigenvalue weighted by Gasteiger charge is 2.41. The van der Waals surface area contributed by atoms with E-state index in [-0.39, 0.29) is 12.8 Å². The second-order valence-corrected chi connectivity index (χ2v) is 5.93. The molecule has 1 aromatic heterocycles. The molecule has 0 radical (unpaired) electrons. The van der Waals surface area contributed by atoms with Crippen molar-refractivity contribution in [2.75, 3.05) is 18.0 Å². The maximum absolute atomic E-state index is 12.6. The minimum atomic E-state index is -4.09. The monoisotopic (exact) mass is 294 g/mol. The van der Waals surface area contributed by atoms with E-state index in [4.69, 9.17) is 0 Å². The van der Waals surface area contributed by atoms with Crippen molar-refractivity contribution >= 4 is 16.5 Å². The molecular formula is C12H17F3N2OS. The first kappa shape index (κ1) is 14.6. The van der Waals surface area contributed by atoms with Crippen LogP contribution in [0.5, 0.6) is 0 Å². The van der Waals surface area contributed by atoms with Gasteiger partial charge in [0.25, 0.3) is 0 Å². The van der Waals surface area contributed by atoms with Crippen LogP contribution in [-0.2, 0) is 0 Å². The van der Waals surface area contributed by atoms with Crippen LogP contribution < -0.4 is 4.90 Å². The number of piperidine rings is 1. The maximum atomic E-state index is 12.6. The second kappa shape index (κ2) is 5.28. The lowest BCUT2D eigenvalue weighted by atomic mass is 9.97. The summed E-state index contributed by atoms with van der Waals surface area (Å²) in [6.45, 7) is 4.22. The van der Waals surface area contributed by atoms with E-state index in [0.717, 1.165) is 10.6 Å². The third-order valence-electron chi connectivity index (χ3n) is 3.43. The van der Waals surface area contributed by atoms with E-state index >= 15 is 0 Å². The number of anilines is 1. The van der Waals surface area contributed by atoms with Crippen molar-refractivity contribution in [1.82, 2.24) is 4.98 Å². The molecule has 2 heterocycles. The van der Waals surface area contributed by atoms with Gasteiger partial charge in [0, 0.05) is 13.1 Å². The standard InChI is InChI=1S/C12H17F3N2OS/c1-7-10(8(2)18)19-11(16-7)17-5-3-9(4-6-17)12(13,14)15/h8-9,18H,3-6H2,1-2H3. The zero-order valence-electron chi connectivity index (χ0n) is 10.9. The smallest absolute Gasteiger partial charge is 0.388 e. The van der Waals surface area contributed by atoms with Gasteiger partial charge in [-0.2, -0.15) is 13.2 Å². The van der Waals surface area contributed by atoms with Crippen LogP contribution in [0.15, 0.2) is 0 Å². The van der Waals surface area contributed by atoms with E-state index in [1.54, 1.807) is 6.92 Å². The molecule has 1 aromatic rings. The molecule has 2 rings (SSSR count). The SMILES string of the molecule is Cc1nc(N2CCC(C(F)(F)F)CC2)sc1C(C)O. The molecule has 0 aliphatic carbocycles. The maximum Gasteiger partial charge on any atom is 0.391 e. The van der Waals surface area contributed by atoms with Gasteiger partial charge in [0.05, 0.1) is 22.6 Å². The van der Waals surface area contributed by atoms with Crippen LogP contribution in [0.1, 0.15) is 36.4 Å². The summed E-state index contributed by atoms with van der Waals surface area (Å²) in [6, 6.07) is 0. The predicted octanol–water partition coefficient (Wildman–Crippen LogP) is 3.28. The van der Waals surface area contributed by atoms with Crippen LogP contribution in [0, 0.1) is 12.8 Å². The molecule has 108 valence electrons. The van der Waals surface area contributed by atoms with Crippen LogP contribution in [0.3, 0.4) is 0 Å². The Bertz CT molecular complexity index is 437. The Morgan fingerprint density at radius 1 is 1.37 bits per heavy atom. The average Bonchev–Trinajstić information content (AvgIpc) is 2.70. The van der Waals surface area contributed by atoms with Crippen molar-refractivity contribution in [2.24, 2.45) is 5.92 Å². The predicted molar refractivity (Wildman–Crippen MR) is 68.5 cm³/mol. The van der Waals surface area contributed by atoms with Gasteiger partial charge in [-0.15, -0.1) is 0 Å². The van der Waals surface area contributed by atoms with Gasteiger partial charge in [0.1, 0.15) is 0 Å². The Morgan fingerprint density at radius 3 is 2.37 bits per heavy atom. The van der Waals surface area contributed by atoms with Crippen molar-refractivity contribution in [3.63, 3.8) is 0 Å². The van der Waals surface area contributed by atoms with Crippen LogP contribution in [0.2, 0.25) is 0 Å². The third-order valence-corrected chi connectivity index (χ3v) is 4.82. The molecule has 1 unspecified atom stereocenters. The Morgan fingerprint density at radius 2 is 1.95 bits per heavy atom. The van der Waals surface area contributed by atoms with Gasteiger partial charge in [0.15, 0.2) is 5.13 Å². The van der Waals surface area contributed by atoms with Crippen LogP contribution in [-0.4, -0.2) is 29.4 Å². The molecule has 0 aromatic carbocycles. The van der Waals surface area contributed by atoms with Crippen molar-refractivity contribution < 1.29 is 18.3 Å². The first-order valence-electron chi connectivity index (χ1n) is 6.26. The Hall–Kier alpha value is -0.820. The largest absolute Gasteiger partial charge is 0.391 e. The fraction of sp³-hybridized carbons (Fsp3) is 0.750. The van der Waals surface area contributed by atoms with Gasteiger partial charge in [-0.1, -0.05) is 11.3 Å². The van der Waals surface area contributed by atoms with Crippen LogP contribution >= 0.6 is 11.3 Å². The van der Waals surface area contributed by atoms with Crippen molar-refractivity contribution in [1.29, 1.82) is 0 Å². The number of aryl methyl sites for hydroxylation is 1. The van der Waals surface area contributed by atoms with Gasteiger partial charge in [-0.05, 0) is 26.7 Å². The molecule has 0 saturated carbocycles. The highest BCUT2D eigenvalue weighted by Crippen LogP contribution is 2.37. The molecular weight excluding hydrogens is 277 g/mol. The number of aliphatic hydroxyl groups is 1. The minimum absolute atomic E-state index is 0.117. The van der Waals surface area contributed by atoms with E-state index in [0.29, 0.717) is 18.2 Å². The van der Waals surface area contributed by atoms with E-state index < -0.39 is 18.2 Å². The fourth-order valence-corrected chi connectivity index (χ4v) is 3.37. The molecule has 1 atom stereocenters. The minimum Gasteiger partial charge on any atom is -0.388 e. The molecule has 0 bridgehead atoms. The molecule has 0 amide bonds. The second-order valence-electron chi connectivity index (χ2n) is 4.93. The summed E-state index contributed by atoms with van der Waals surface area (Å²) in [5.74, 6) is -1.19.